The molecule has 2 unspecified atom stereocenters. The molecule has 0 radical (unpaired) electrons. The molecule has 0 aromatic heterocycles. The Bertz CT molecular complexity index is 432. The molecule has 2 atom stereocenters. The average molecular weight is 275 g/mol. The molecule has 1 aliphatic rings. The van der Waals surface area contributed by atoms with Gasteiger partial charge in [-0.3, -0.25) is 0 Å². The molecule has 1 aromatic carbocycles. The highest BCUT2D eigenvalue weighted by Crippen LogP contribution is 2.55. The van der Waals surface area contributed by atoms with E-state index in [2.05, 4.69) is 57.3 Å². The van der Waals surface area contributed by atoms with Crippen LogP contribution in [-0.4, -0.2) is 19.2 Å². The first-order chi connectivity index (χ1) is 9.32. The van der Waals surface area contributed by atoms with Crippen molar-refractivity contribution in [2.24, 2.45) is 11.3 Å². The van der Waals surface area contributed by atoms with E-state index in [-0.39, 0.29) is 5.54 Å². The maximum atomic E-state index is 5.20. The fourth-order valence-electron chi connectivity index (χ4n) is 2.78. The number of hydrogen-bond donors (Lipinski definition) is 1. The van der Waals surface area contributed by atoms with Gasteiger partial charge in [-0.15, -0.1) is 0 Å². The van der Waals surface area contributed by atoms with Crippen molar-refractivity contribution in [3.05, 3.63) is 29.8 Å². The molecule has 0 bridgehead atoms. The van der Waals surface area contributed by atoms with Crippen LogP contribution in [0.2, 0.25) is 0 Å². The summed E-state index contributed by atoms with van der Waals surface area (Å²) in [5, 5.41) is 3.64. The number of aryl methyl sites for hydroxylation is 1. The van der Waals surface area contributed by atoms with Gasteiger partial charge in [0.15, 0.2) is 0 Å². The molecular formula is C18H29NO. The Hall–Kier alpha value is -1.02. The minimum atomic E-state index is 0.236. The molecule has 1 fully saturated rings. The number of nitrogens with one attached hydrogen (secondary N) is 1. The van der Waals surface area contributed by atoms with Gasteiger partial charge < -0.3 is 10.1 Å². The van der Waals surface area contributed by atoms with Crippen molar-refractivity contribution >= 4 is 0 Å². The second-order valence-electron chi connectivity index (χ2n) is 7.53. The van der Waals surface area contributed by atoms with Gasteiger partial charge in [-0.1, -0.05) is 19.1 Å². The third-order valence-electron chi connectivity index (χ3n) is 4.56. The van der Waals surface area contributed by atoms with Crippen molar-refractivity contribution in [2.75, 3.05) is 13.7 Å². The average Bonchev–Trinajstić information content (AvgIpc) is 3.05. The summed E-state index contributed by atoms with van der Waals surface area (Å²) in [6.07, 6.45) is 3.83. The van der Waals surface area contributed by atoms with Crippen LogP contribution in [0.25, 0.3) is 0 Å². The fraction of sp³-hybridized carbons (Fsp3) is 0.667. The van der Waals surface area contributed by atoms with Gasteiger partial charge in [0.2, 0.25) is 0 Å². The van der Waals surface area contributed by atoms with Gasteiger partial charge in [0.1, 0.15) is 5.75 Å². The van der Waals surface area contributed by atoms with Crippen LogP contribution in [0, 0.1) is 11.3 Å². The van der Waals surface area contributed by atoms with Crippen molar-refractivity contribution in [2.45, 2.75) is 52.5 Å². The Morgan fingerprint density at radius 1 is 1.25 bits per heavy atom. The summed E-state index contributed by atoms with van der Waals surface area (Å²) in [4.78, 5) is 0. The quantitative estimate of drug-likeness (QED) is 0.846. The van der Waals surface area contributed by atoms with Crippen LogP contribution in [0.5, 0.6) is 5.75 Å². The molecule has 0 heterocycles. The van der Waals surface area contributed by atoms with E-state index in [1.165, 1.54) is 24.8 Å². The normalized spacial score (nSPS) is 25.6. The molecule has 1 aromatic rings. The first-order valence-corrected chi connectivity index (χ1v) is 7.70. The molecule has 20 heavy (non-hydrogen) atoms. The molecule has 1 N–H and O–H groups in total. The van der Waals surface area contributed by atoms with Gasteiger partial charge in [-0.2, -0.15) is 0 Å². The van der Waals surface area contributed by atoms with Crippen molar-refractivity contribution in [3.8, 4) is 5.75 Å². The predicted molar refractivity (Wildman–Crippen MR) is 85.3 cm³/mol. The first-order valence-electron chi connectivity index (χ1n) is 7.70. The lowest BCUT2D eigenvalue weighted by Crippen LogP contribution is -2.37. The third kappa shape index (κ3) is 4.24. The summed E-state index contributed by atoms with van der Waals surface area (Å²) < 4.78 is 5.20. The highest BCUT2D eigenvalue weighted by atomic mass is 16.5. The Morgan fingerprint density at radius 2 is 1.90 bits per heavy atom. The van der Waals surface area contributed by atoms with Crippen molar-refractivity contribution < 1.29 is 4.74 Å². The molecule has 0 amide bonds. The number of ether oxygens (including phenoxy) is 1. The Balaban J connectivity index is 1.77. The van der Waals surface area contributed by atoms with E-state index >= 15 is 0 Å². The highest BCUT2D eigenvalue weighted by Gasteiger charge is 2.48. The van der Waals surface area contributed by atoms with Crippen molar-refractivity contribution in [1.82, 2.24) is 5.32 Å². The minimum Gasteiger partial charge on any atom is -0.497 e. The number of benzene rings is 1. The standard InChI is InChI=1S/C18H29NO/c1-17(2,3)19-13-15-12-18(15,4)11-10-14-6-8-16(20-5)9-7-14/h6-9,15,19H,10-13H2,1-5H3. The molecule has 0 spiro atoms. The molecule has 2 nitrogen and oxygen atoms in total. The lowest BCUT2D eigenvalue weighted by molar-refractivity contribution is 0.379. The van der Waals surface area contributed by atoms with E-state index in [9.17, 15) is 0 Å². The number of methoxy groups -OCH3 is 1. The zero-order valence-electron chi connectivity index (χ0n) is 13.6. The Labute approximate surface area is 123 Å². The second kappa shape index (κ2) is 5.77. The SMILES string of the molecule is COc1ccc(CCC2(C)CC2CNC(C)(C)C)cc1. The maximum absolute atomic E-state index is 5.20. The Morgan fingerprint density at radius 3 is 2.45 bits per heavy atom. The van der Waals surface area contributed by atoms with E-state index in [0.29, 0.717) is 5.41 Å². The fourth-order valence-corrected chi connectivity index (χ4v) is 2.78. The molecule has 0 aliphatic heterocycles. The summed E-state index contributed by atoms with van der Waals surface area (Å²) in [5.41, 5.74) is 2.19. The van der Waals surface area contributed by atoms with E-state index in [0.717, 1.165) is 18.2 Å². The lowest BCUT2D eigenvalue weighted by Gasteiger charge is -2.21. The van der Waals surface area contributed by atoms with E-state index in [1.807, 2.05) is 0 Å². The highest BCUT2D eigenvalue weighted by molar-refractivity contribution is 5.27. The monoisotopic (exact) mass is 275 g/mol. The summed E-state index contributed by atoms with van der Waals surface area (Å²) in [5.74, 6) is 1.79. The zero-order chi connectivity index (χ0) is 14.8. The molecule has 2 heteroatoms. The summed E-state index contributed by atoms with van der Waals surface area (Å²) in [6, 6.07) is 8.49. The topological polar surface area (TPSA) is 21.3 Å². The van der Waals surface area contributed by atoms with Crippen LogP contribution in [0.3, 0.4) is 0 Å². The largest absolute Gasteiger partial charge is 0.497 e. The van der Waals surface area contributed by atoms with Crippen LogP contribution in [-0.2, 0) is 6.42 Å². The number of rotatable bonds is 6. The van der Waals surface area contributed by atoms with Gasteiger partial charge >= 0.3 is 0 Å². The van der Waals surface area contributed by atoms with Crippen molar-refractivity contribution in [3.63, 3.8) is 0 Å². The molecule has 2 rings (SSSR count). The van der Waals surface area contributed by atoms with Gasteiger partial charge in [0.25, 0.3) is 0 Å². The van der Waals surface area contributed by atoms with E-state index in [4.69, 9.17) is 4.74 Å². The number of hydrogen-bond acceptors (Lipinski definition) is 2. The molecule has 112 valence electrons. The van der Waals surface area contributed by atoms with Gasteiger partial charge in [0.05, 0.1) is 7.11 Å². The van der Waals surface area contributed by atoms with Crippen LogP contribution < -0.4 is 10.1 Å². The van der Waals surface area contributed by atoms with Crippen LogP contribution >= 0.6 is 0 Å². The second-order valence-corrected chi connectivity index (χ2v) is 7.53. The summed E-state index contributed by atoms with van der Waals surface area (Å²) in [7, 11) is 1.72. The van der Waals surface area contributed by atoms with E-state index < -0.39 is 0 Å². The van der Waals surface area contributed by atoms with Crippen LogP contribution in [0.4, 0.5) is 0 Å². The lowest BCUT2D eigenvalue weighted by atomic mass is 9.96. The molecule has 1 aliphatic carbocycles. The first kappa shape index (κ1) is 15.4. The third-order valence-corrected chi connectivity index (χ3v) is 4.56. The van der Waals surface area contributed by atoms with Gasteiger partial charge in [-0.25, -0.2) is 0 Å². The zero-order valence-corrected chi connectivity index (χ0v) is 13.6. The van der Waals surface area contributed by atoms with Crippen molar-refractivity contribution in [1.29, 1.82) is 0 Å². The molecule has 0 saturated heterocycles. The smallest absolute Gasteiger partial charge is 0.118 e. The van der Waals surface area contributed by atoms with E-state index in [1.54, 1.807) is 7.11 Å². The summed E-state index contributed by atoms with van der Waals surface area (Å²) in [6.45, 7) is 10.3. The van der Waals surface area contributed by atoms with Gasteiger partial charge in [0, 0.05) is 5.54 Å². The maximum Gasteiger partial charge on any atom is 0.118 e. The summed E-state index contributed by atoms with van der Waals surface area (Å²) >= 11 is 0. The van der Waals surface area contributed by atoms with Crippen LogP contribution in [0.1, 0.15) is 46.1 Å². The van der Waals surface area contributed by atoms with Crippen LogP contribution in [0.15, 0.2) is 24.3 Å². The predicted octanol–water partition coefficient (Wildman–Crippen LogP) is 4.04. The van der Waals surface area contributed by atoms with Gasteiger partial charge in [-0.05, 0) is 75.6 Å². The molecular weight excluding hydrogens is 246 g/mol. The minimum absolute atomic E-state index is 0.236. The molecule has 1 saturated carbocycles. The Kier molecular flexibility index (Phi) is 4.43.